The summed E-state index contributed by atoms with van der Waals surface area (Å²) in [4.78, 5) is 25.0. The number of aliphatic hydroxyl groups excluding tert-OH is 1. The van der Waals surface area contributed by atoms with Crippen molar-refractivity contribution in [3.05, 3.63) is 17.8 Å². The van der Waals surface area contributed by atoms with Crippen LogP contribution >= 0.6 is 0 Å². The lowest BCUT2D eigenvalue weighted by Gasteiger charge is -2.35. The van der Waals surface area contributed by atoms with Gasteiger partial charge in [0.15, 0.2) is 5.69 Å². The van der Waals surface area contributed by atoms with Gasteiger partial charge in [0.25, 0.3) is 5.91 Å². The number of carbonyl (C=O) groups excluding carboxylic acids is 1. The van der Waals surface area contributed by atoms with E-state index >= 15 is 0 Å². The van der Waals surface area contributed by atoms with Gasteiger partial charge in [0.1, 0.15) is 6.26 Å². The summed E-state index contributed by atoms with van der Waals surface area (Å²) in [6.07, 6.45) is 2.04. The number of hydrogen-bond donors (Lipinski definition) is 1. The van der Waals surface area contributed by atoms with E-state index < -0.39 is 0 Å². The Labute approximate surface area is 169 Å². The van der Waals surface area contributed by atoms with Crippen LogP contribution in [0.4, 0.5) is 0 Å². The first kappa shape index (κ1) is 22.8. The van der Waals surface area contributed by atoms with Gasteiger partial charge in [-0.15, -0.1) is 0 Å². The van der Waals surface area contributed by atoms with Crippen LogP contribution in [0.25, 0.3) is 0 Å². The number of nitrogens with zero attached hydrogens (tertiary/aromatic N) is 5. The van der Waals surface area contributed by atoms with Crippen molar-refractivity contribution in [3.8, 4) is 0 Å². The van der Waals surface area contributed by atoms with Crippen LogP contribution in [0.15, 0.2) is 10.7 Å². The van der Waals surface area contributed by atoms with Gasteiger partial charge in [0.2, 0.25) is 5.89 Å². The second-order valence-corrected chi connectivity index (χ2v) is 8.12. The second-order valence-electron chi connectivity index (χ2n) is 8.12. The molecule has 1 atom stereocenters. The lowest BCUT2D eigenvalue weighted by atomic mass is 10.2. The standard InChI is InChI=1S/C20H37N5O3/c1-6-7-22(4)20(27)18-15-28-19(21-18)14-25-10-8-24(9-11-25)13-17(26)12-23(5)16(2)3/h15-17,26H,6-14H2,1-5H3. The van der Waals surface area contributed by atoms with Gasteiger partial charge in [0.05, 0.1) is 12.6 Å². The number of amides is 1. The van der Waals surface area contributed by atoms with Gasteiger partial charge >= 0.3 is 0 Å². The lowest BCUT2D eigenvalue weighted by molar-refractivity contribution is 0.0469. The third-order valence-corrected chi connectivity index (χ3v) is 5.35. The molecule has 0 saturated carbocycles. The highest BCUT2D eigenvalue weighted by Gasteiger charge is 2.22. The molecule has 2 heterocycles. The number of likely N-dealkylation sites (N-methyl/N-ethyl adjacent to an activating group) is 1. The van der Waals surface area contributed by atoms with Crippen LogP contribution < -0.4 is 0 Å². The zero-order valence-electron chi connectivity index (χ0n) is 18.1. The van der Waals surface area contributed by atoms with E-state index in [1.54, 1.807) is 11.9 Å². The molecule has 2 rings (SSSR count). The molecule has 160 valence electrons. The molecule has 1 aromatic rings. The first-order chi connectivity index (χ1) is 13.3. The first-order valence-electron chi connectivity index (χ1n) is 10.3. The fraction of sp³-hybridized carbons (Fsp3) is 0.800. The summed E-state index contributed by atoms with van der Waals surface area (Å²) in [5.74, 6) is 0.488. The summed E-state index contributed by atoms with van der Waals surface area (Å²) in [6, 6.07) is 0.436. The summed E-state index contributed by atoms with van der Waals surface area (Å²) in [6.45, 7) is 12.6. The van der Waals surface area contributed by atoms with Crippen LogP contribution in [-0.4, -0.2) is 108 Å². The third-order valence-electron chi connectivity index (χ3n) is 5.35. The molecule has 0 aromatic carbocycles. The van der Waals surface area contributed by atoms with Gasteiger partial charge < -0.3 is 19.3 Å². The molecule has 0 aliphatic carbocycles. The van der Waals surface area contributed by atoms with Crippen molar-refractivity contribution in [2.45, 2.75) is 45.9 Å². The maximum atomic E-state index is 12.3. The molecule has 1 amide bonds. The summed E-state index contributed by atoms with van der Waals surface area (Å²) >= 11 is 0. The summed E-state index contributed by atoms with van der Waals surface area (Å²) in [5, 5.41) is 10.3. The molecule has 0 spiro atoms. The second kappa shape index (κ2) is 10.9. The molecular formula is C20H37N5O3. The van der Waals surface area contributed by atoms with Crippen molar-refractivity contribution in [3.63, 3.8) is 0 Å². The molecule has 1 N–H and O–H groups in total. The van der Waals surface area contributed by atoms with E-state index in [1.807, 2.05) is 14.0 Å². The minimum atomic E-state index is -0.334. The van der Waals surface area contributed by atoms with Crippen molar-refractivity contribution in [2.24, 2.45) is 0 Å². The zero-order chi connectivity index (χ0) is 20.7. The maximum absolute atomic E-state index is 12.3. The molecule has 1 saturated heterocycles. The fourth-order valence-electron chi connectivity index (χ4n) is 3.33. The van der Waals surface area contributed by atoms with E-state index in [1.165, 1.54) is 6.26 Å². The Kier molecular flexibility index (Phi) is 8.88. The Morgan fingerprint density at radius 1 is 1.25 bits per heavy atom. The predicted molar refractivity (Wildman–Crippen MR) is 109 cm³/mol. The molecular weight excluding hydrogens is 358 g/mol. The van der Waals surface area contributed by atoms with Crippen LogP contribution in [0.5, 0.6) is 0 Å². The Morgan fingerprint density at radius 2 is 1.89 bits per heavy atom. The topological polar surface area (TPSA) is 76.3 Å². The van der Waals surface area contributed by atoms with Gasteiger partial charge in [-0.1, -0.05) is 6.92 Å². The third kappa shape index (κ3) is 6.84. The van der Waals surface area contributed by atoms with E-state index in [2.05, 4.69) is 33.5 Å². The quantitative estimate of drug-likeness (QED) is 0.633. The number of aliphatic hydroxyl groups is 1. The number of carbonyl (C=O) groups is 1. The summed E-state index contributed by atoms with van der Waals surface area (Å²) in [5.41, 5.74) is 0.377. The van der Waals surface area contributed by atoms with Crippen LogP contribution in [0, 0.1) is 0 Å². The average Bonchev–Trinajstić information content (AvgIpc) is 3.11. The van der Waals surface area contributed by atoms with Crippen molar-refractivity contribution in [1.82, 2.24) is 24.6 Å². The minimum absolute atomic E-state index is 0.0953. The minimum Gasteiger partial charge on any atom is -0.447 e. The van der Waals surface area contributed by atoms with Gasteiger partial charge in [0, 0.05) is 58.9 Å². The van der Waals surface area contributed by atoms with Crippen molar-refractivity contribution in [2.75, 3.05) is 59.9 Å². The molecule has 1 aliphatic rings. The summed E-state index contributed by atoms with van der Waals surface area (Å²) in [7, 11) is 3.83. The van der Waals surface area contributed by atoms with Crippen LogP contribution in [0.1, 0.15) is 43.6 Å². The van der Waals surface area contributed by atoms with Crippen molar-refractivity contribution in [1.29, 1.82) is 0 Å². The predicted octanol–water partition coefficient (Wildman–Crippen LogP) is 0.975. The highest BCUT2D eigenvalue weighted by molar-refractivity contribution is 5.91. The largest absolute Gasteiger partial charge is 0.447 e. The van der Waals surface area contributed by atoms with Crippen LogP contribution in [0.2, 0.25) is 0 Å². The van der Waals surface area contributed by atoms with E-state index in [-0.39, 0.29) is 12.0 Å². The van der Waals surface area contributed by atoms with Gasteiger partial charge in [-0.2, -0.15) is 0 Å². The Balaban J connectivity index is 1.75. The average molecular weight is 396 g/mol. The number of rotatable bonds is 10. The first-order valence-corrected chi connectivity index (χ1v) is 10.3. The normalized spacial score (nSPS) is 17.4. The van der Waals surface area contributed by atoms with Gasteiger partial charge in [-0.3, -0.25) is 14.6 Å². The molecule has 1 aliphatic heterocycles. The van der Waals surface area contributed by atoms with E-state index in [4.69, 9.17) is 4.42 Å². The van der Waals surface area contributed by atoms with E-state index in [0.717, 1.165) is 32.6 Å². The van der Waals surface area contributed by atoms with Crippen molar-refractivity contribution < 1.29 is 14.3 Å². The highest BCUT2D eigenvalue weighted by atomic mass is 16.3. The number of piperazine rings is 1. The lowest BCUT2D eigenvalue weighted by Crippen LogP contribution is -2.49. The zero-order valence-corrected chi connectivity index (χ0v) is 18.1. The Bertz CT molecular complexity index is 598. The molecule has 1 aromatic heterocycles. The van der Waals surface area contributed by atoms with Crippen molar-refractivity contribution >= 4 is 5.91 Å². The van der Waals surface area contributed by atoms with E-state index in [0.29, 0.717) is 43.8 Å². The monoisotopic (exact) mass is 395 g/mol. The number of oxazole rings is 1. The molecule has 8 heteroatoms. The van der Waals surface area contributed by atoms with Crippen LogP contribution in [-0.2, 0) is 6.54 Å². The molecule has 1 fully saturated rings. The van der Waals surface area contributed by atoms with Gasteiger partial charge in [-0.05, 0) is 27.3 Å². The van der Waals surface area contributed by atoms with E-state index in [9.17, 15) is 9.90 Å². The molecule has 8 nitrogen and oxygen atoms in total. The highest BCUT2D eigenvalue weighted by Crippen LogP contribution is 2.11. The molecule has 0 radical (unpaired) electrons. The summed E-state index contributed by atoms with van der Waals surface area (Å²) < 4.78 is 5.51. The molecule has 1 unspecified atom stereocenters. The van der Waals surface area contributed by atoms with Crippen LogP contribution in [0.3, 0.4) is 0 Å². The Morgan fingerprint density at radius 3 is 2.50 bits per heavy atom. The molecule has 0 bridgehead atoms. The maximum Gasteiger partial charge on any atom is 0.275 e. The fourth-order valence-corrected chi connectivity index (χ4v) is 3.33. The Hall–Kier alpha value is -1.48. The number of aromatic nitrogens is 1. The molecule has 28 heavy (non-hydrogen) atoms. The number of hydrogen-bond acceptors (Lipinski definition) is 7. The van der Waals surface area contributed by atoms with Gasteiger partial charge in [-0.25, -0.2) is 4.98 Å². The number of β-amino-alcohol motifs (C(OH)–C–C–N with tert-alkyl or cyclic N) is 1. The smallest absolute Gasteiger partial charge is 0.275 e. The SMILES string of the molecule is CCCN(C)C(=O)c1coc(CN2CCN(CC(O)CN(C)C(C)C)CC2)n1.